The summed E-state index contributed by atoms with van der Waals surface area (Å²) in [7, 11) is -4.27. The first-order valence-electron chi connectivity index (χ1n) is 12.4. The molecule has 9 heteroatoms. The third-order valence-corrected chi connectivity index (χ3v) is 9.32. The van der Waals surface area contributed by atoms with Gasteiger partial charge >= 0.3 is 0 Å². The van der Waals surface area contributed by atoms with Crippen molar-refractivity contribution in [3.63, 3.8) is 0 Å². The summed E-state index contributed by atoms with van der Waals surface area (Å²) >= 11 is 1.07. The Morgan fingerprint density at radius 2 is 1.31 bits per heavy atom. The minimum atomic E-state index is -4.27. The molecule has 0 aliphatic carbocycles. The van der Waals surface area contributed by atoms with Crippen molar-refractivity contribution in [3.05, 3.63) is 71.8 Å². The van der Waals surface area contributed by atoms with Crippen molar-refractivity contribution in [1.29, 1.82) is 0 Å². The van der Waals surface area contributed by atoms with Gasteiger partial charge in [-0.2, -0.15) is 8.42 Å². The molecule has 0 aliphatic rings. The number of hydrogen-bond donors (Lipinski definition) is 2. The smallest absolute Gasteiger partial charge is 0.274 e. The summed E-state index contributed by atoms with van der Waals surface area (Å²) < 4.78 is 37.0. The fourth-order valence-electron chi connectivity index (χ4n) is 4.38. The molecule has 0 bridgehead atoms. The van der Waals surface area contributed by atoms with Gasteiger partial charge in [-0.15, -0.1) is 4.33 Å². The second-order valence-corrected chi connectivity index (χ2v) is 12.6. The van der Waals surface area contributed by atoms with Crippen LogP contribution in [-0.2, 0) is 33.8 Å². The van der Waals surface area contributed by atoms with Gasteiger partial charge in [-0.05, 0) is 50.7 Å². The normalized spacial score (nSPS) is 15.2. The van der Waals surface area contributed by atoms with E-state index in [-0.39, 0.29) is 10.5 Å². The van der Waals surface area contributed by atoms with E-state index in [4.69, 9.17) is 9.59 Å². The van der Waals surface area contributed by atoms with Crippen molar-refractivity contribution in [2.24, 2.45) is 0 Å². The molecule has 2 atom stereocenters. The summed E-state index contributed by atoms with van der Waals surface area (Å²) in [5.74, 6) is 0.216. The third kappa shape index (κ3) is 9.28. The van der Waals surface area contributed by atoms with E-state index >= 15 is 0 Å². The van der Waals surface area contributed by atoms with Crippen molar-refractivity contribution in [3.8, 4) is 0 Å². The first-order chi connectivity index (χ1) is 17.1. The average molecular weight is 539 g/mol. The molecule has 0 saturated carbocycles. The summed E-state index contributed by atoms with van der Waals surface area (Å²) in [5, 5.41) is 12.4. The monoisotopic (exact) mass is 538 g/mol. The molecule has 0 aliphatic heterocycles. The lowest BCUT2D eigenvalue weighted by atomic mass is 9.93. The van der Waals surface area contributed by atoms with Crippen LogP contribution in [0.4, 0.5) is 0 Å². The summed E-state index contributed by atoms with van der Waals surface area (Å²) in [4.78, 5) is 12.3. The standard InChI is InChI=1S/C27H38O7S2/c1-26(35-34-33-29,23-15-7-3-8-16-23)21-13-5-11-19-25(28)20-12-6-14-22-27(2,36(30,31)32)24-17-9-4-10-18-24/h3-4,7-10,15-18,29H,5-6,11-14,19-22H2,1-2H3,(H,30,31,32). The second-order valence-electron chi connectivity index (χ2n) is 9.55. The average Bonchev–Trinajstić information content (AvgIpc) is 2.87. The van der Waals surface area contributed by atoms with Crippen molar-refractivity contribution in [2.45, 2.75) is 87.5 Å². The highest BCUT2D eigenvalue weighted by atomic mass is 32.2. The molecular formula is C27H38O7S2. The van der Waals surface area contributed by atoms with Crippen molar-refractivity contribution in [2.75, 3.05) is 0 Å². The van der Waals surface area contributed by atoms with Crippen LogP contribution in [-0.4, -0.2) is 24.0 Å². The quantitative estimate of drug-likeness (QED) is 0.0671. The molecule has 2 aromatic rings. The summed E-state index contributed by atoms with van der Waals surface area (Å²) in [6.07, 6.45) is 6.74. The van der Waals surface area contributed by atoms with Crippen LogP contribution in [0, 0.1) is 0 Å². The van der Waals surface area contributed by atoms with Gasteiger partial charge in [0, 0.05) is 24.9 Å². The van der Waals surface area contributed by atoms with Crippen molar-refractivity contribution < 1.29 is 32.4 Å². The van der Waals surface area contributed by atoms with E-state index in [1.165, 1.54) is 0 Å². The Balaban J connectivity index is 1.68. The van der Waals surface area contributed by atoms with Crippen molar-refractivity contribution in [1.82, 2.24) is 0 Å². The Morgan fingerprint density at radius 3 is 1.81 bits per heavy atom. The maximum atomic E-state index is 12.3. The van der Waals surface area contributed by atoms with Crippen LogP contribution < -0.4 is 0 Å². The molecule has 0 aromatic heterocycles. The van der Waals surface area contributed by atoms with Gasteiger partial charge in [0.25, 0.3) is 10.1 Å². The topological polar surface area (TPSA) is 110 Å². The van der Waals surface area contributed by atoms with E-state index in [0.29, 0.717) is 37.7 Å². The number of carbonyl (C=O) groups excluding carboxylic acids is 1. The maximum absolute atomic E-state index is 12.3. The number of rotatable bonds is 18. The Labute approximate surface area is 219 Å². The SMILES string of the molecule is CC(CCCCCC(=O)CCCCCC(C)(c1ccccc1)S(=O)(=O)O)(SOOO)c1ccccc1. The van der Waals surface area contributed by atoms with Gasteiger partial charge < -0.3 is 0 Å². The van der Waals surface area contributed by atoms with Crippen LogP contribution in [0.15, 0.2) is 60.7 Å². The molecule has 7 nitrogen and oxygen atoms in total. The van der Waals surface area contributed by atoms with Crippen LogP contribution in [0.3, 0.4) is 0 Å². The van der Waals surface area contributed by atoms with Crippen LogP contribution in [0.2, 0.25) is 0 Å². The summed E-state index contributed by atoms with van der Waals surface area (Å²) in [6, 6.07) is 18.6. The molecule has 200 valence electrons. The molecule has 36 heavy (non-hydrogen) atoms. The van der Waals surface area contributed by atoms with E-state index < -0.39 is 14.9 Å². The van der Waals surface area contributed by atoms with Gasteiger partial charge in [0.2, 0.25) is 0 Å². The predicted octanol–water partition coefficient (Wildman–Crippen LogP) is 7.24. The zero-order valence-corrected chi connectivity index (χ0v) is 22.7. The largest absolute Gasteiger partial charge is 0.300 e. The van der Waals surface area contributed by atoms with E-state index in [1.807, 2.05) is 37.3 Å². The zero-order valence-electron chi connectivity index (χ0n) is 21.1. The highest BCUT2D eigenvalue weighted by Crippen LogP contribution is 2.41. The Kier molecular flexibility index (Phi) is 12.6. The highest BCUT2D eigenvalue weighted by molar-refractivity contribution is 7.95. The molecule has 0 amide bonds. The first kappa shape index (κ1) is 30.5. The van der Waals surface area contributed by atoms with Gasteiger partial charge in [-0.1, -0.05) is 91.4 Å². The molecule has 2 rings (SSSR count). The lowest BCUT2D eigenvalue weighted by Crippen LogP contribution is -2.32. The Bertz CT molecular complexity index is 1010. The molecule has 2 N–H and O–H groups in total. The van der Waals surface area contributed by atoms with Gasteiger partial charge in [-0.3, -0.25) is 9.35 Å². The van der Waals surface area contributed by atoms with Gasteiger partial charge in [0.15, 0.2) is 0 Å². The molecule has 0 radical (unpaired) electrons. The highest BCUT2D eigenvalue weighted by Gasteiger charge is 2.39. The van der Waals surface area contributed by atoms with Gasteiger partial charge in [0.1, 0.15) is 10.5 Å². The zero-order chi connectivity index (χ0) is 26.5. The van der Waals surface area contributed by atoms with Crippen LogP contribution in [0.1, 0.15) is 89.2 Å². The van der Waals surface area contributed by atoms with E-state index in [0.717, 1.165) is 49.7 Å². The minimum Gasteiger partial charge on any atom is -0.300 e. The van der Waals surface area contributed by atoms with Crippen molar-refractivity contribution >= 4 is 27.9 Å². The predicted molar refractivity (Wildman–Crippen MR) is 143 cm³/mol. The molecule has 0 heterocycles. The lowest BCUT2D eigenvalue weighted by Gasteiger charge is -2.27. The van der Waals surface area contributed by atoms with E-state index in [1.54, 1.807) is 37.3 Å². The fraction of sp³-hybridized carbons (Fsp3) is 0.519. The number of hydrogen-bond acceptors (Lipinski definition) is 7. The maximum Gasteiger partial charge on any atom is 0.274 e. The molecule has 0 spiro atoms. The molecular weight excluding hydrogens is 500 g/mol. The molecule has 2 aromatic carbocycles. The van der Waals surface area contributed by atoms with E-state index in [9.17, 15) is 17.8 Å². The Hall–Kier alpha value is -1.75. The van der Waals surface area contributed by atoms with Crippen LogP contribution in [0.5, 0.6) is 0 Å². The number of unbranched alkanes of at least 4 members (excludes halogenated alkanes) is 4. The van der Waals surface area contributed by atoms with Gasteiger partial charge in [-0.25, -0.2) is 5.26 Å². The molecule has 0 fully saturated rings. The second kappa shape index (κ2) is 14.9. The number of benzene rings is 2. The van der Waals surface area contributed by atoms with Crippen LogP contribution >= 0.6 is 12.0 Å². The number of carbonyl (C=O) groups is 1. The first-order valence-corrected chi connectivity index (χ1v) is 14.6. The van der Waals surface area contributed by atoms with Crippen LogP contribution in [0.25, 0.3) is 0 Å². The molecule has 2 unspecified atom stereocenters. The number of ketones is 1. The van der Waals surface area contributed by atoms with Gasteiger partial charge in [0.05, 0.1) is 4.75 Å². The summed E-state index contributed by atoms with van der Waals surface area (Å²) in [6.45, 7) is 3.58. The fourth-order valence-corrected chi connectivity index (χ4v) is 5.85. The summed E-state index contributed by atoms with van der Waals surface area (Å²) in [5.41, 5.74) is 1.64. The minimum absolute atomic E-state index is 0.216. The number of Topliss-reactive ketones (excluding diaryl/α,β-unsaturated/α-hetero) is 1. The third-order valence-electron chi connectivity index (χ3n) is 6.81. The Morgan fingerprint density at radius 1 is 0.806 bits per heavy atom. The lowest BCUT2D eigenvalue weighted by molar-refractivity contribution is -0.432. The van der Waals surface area contributed by atoms with E-state index in [2.05, 4.69) is 5.04 Å². The molecule has 0 saturated heterocycles.